The van der Waals surface area contributed by atoms with E-state index in [0.29, 0.717) is 6.54 Å². The lowest BCUT2D eigenvalue weighted by Crippen LogP contribution is -2.12. The topological polar surface area (TPSA) is 21.3 Å². The number of hydrogen-bond donors (Lipinski definition) is 1. The zero-order chi connectivity index (χ0) is 15.3. The van der Waals surface area contributed by atoms with Crippen LogP contribution in [0.3, 0.4) is 0 Å². The predicted octanol–water partition coefficient (Wildman–Crippen LogP) is 4.96. The van der Waals surface area contributed by atoms with Crippen LogP contribution >= 0.6 is 15.9 Å². The number of anilines is 1. The van der Waals surface area contributed by atoms with Gasteiger partial charge in [0.15, 0.2) is 0 Å². The van der Waals surface area contributed by atoms with Gasteiger partial charge in [-0.3, -0.25) is 0 Å². The van der Waals surface area contributed by atoms with Crippen molar-refractivity contribution in [3.63, 3.8) is 0 Å². The van der Waals surface area contributed by atoms with Crippen molar-refractivity contribution >= 4 is 21.6 Å². The third-order valence-corrected chi connectivity index (χ3v) is 3.23. The van der Waals surface area contributed by atoms with Gasteiger partial charge in [-0.05, 0) is 42.5 Å². The van der Waals surface area contributed by atoms with E-state index in [9.17, 15) is 13.2 Å². The van der Waals surface area contributed by atoms with Gasteiger partial charge in [0.1, 0.15) is 12.4 Å². The molecule has 2 rings (SSSR count). The van der Waals surface area contributed by atoms with Crippen molar-refractivity contribution in [2.24, 2.45) is 0 Å². The van der Waals surface area contributed by atoms with Crippen LogP contribution in [0.4, 0.5) is 18.9 Å². The van der Waals surface area contributed by atoms with Gasteiger partial charge in [-0.25, -0.2) is 0 Å². The molecule has 21 heavy (non-hydrogen) atoms. The van der Waals surface area contributed by atoms with Crippen molar-refractivity contribution in [1.82, 2.24) is 0 Å². The van der Waals surface area contributed by atoms with E-state index >= 15 is 0 Å². The lowest BCUT2D eigenvalue weighted by Gasteiger charge is -2.11. The Morgan fingerprint density at radius 3 is 2.43 bits per heavy atom. The Bertz CT molecular complexity index is 584. The molecule has 0 aromatic heterocycles. The molecule has 1 N–H and O–H groups in total. The first-order valence-electron chi connectivity index (χ1n) is 6.25. The van der Waals surface area contributed by atoms with Crippen molar-refractivity contribution in [2.75, 3.05) is 18.5 Å². The molecule has 0 unspecified atom stereocenters. The average molecular weight is 360 g/mol. The SMILES string of the molecule is FC(F)(F)c1cccc(OCCNc2ccc(Br)cc2)c1. The van der Waals surface area contributed by atoms with Crippen LogP contribution in [-0.4, -0.2) is 13.2 Å². The molecule has 0 bridgehead atoms. The van der Waals surface area contributed by atoms with Crippen LogP contribution in [0.2, 0.25) is 0 Å². The minimum atomic E-state index is -4.35. The fourth-order valence-electron chi connectivity index (χ4n) is 1.69. The van der Waals surface area contributed by atoms with Crippen LogP contribution in [-0.2, 0) is 6.18 Å². The highest BCUT2D eigenvalue weighted by atomic mass is 79.9. The maximum atomic E-state index is 12.5. The first-order valence-corrected chi connectivity index (χ1v) is 7.04. The normalized spacial score (nSPS) is 11.2. The summed E-state index contributed by atoms with van der Waals surface area (Å²) in [5.41, 5.74) is 0.215. The predicted molar refractivity (Wildman–Crippen MR) is 79.6 cm³/mol. The highest BCUT2D eigenvalue weighted by Gasteiger charge is 2.30. The molecule has 0 saturated carbocycles. The Balaban J connectivity index is 1.82. The zero-order valence-electron chi connectivity index (χ0n) is 11.0. The van der Waals surface area contributed by atoms with E-state index < -0.39 is 11.7 Å². The summed E-state index contributed by atoms with van der Waals surface area (Å²) >= 11 is 3.34. The number of alkyl halides is 3. The maximum Gasteiger partial charge on any atom is 0.416 e. The Morgan fingerprint density at radius 1 is 1.05 bits per heavy atom. The lowest BCUT2D eigenvalue weighted by molar-refractivity contribution is -0.137. The monoisotopic (exact) mass is 359 g/mol. The van der Waals surface area contributed by atoms with Crippen LogP contribution in [0, 0.1) is 0 Å². The highest BCUT2D eigenvalue weighted by molar-refractivity contribution is 9.10. The summed E-state index contributed by atoms with van der Waals surface area (Å²) in [4.78, 5) is 0. The molecule has 0 amide bonds. The third kappa shape index (κ3) is 4.97. The second kappa shape index (κ2) is 6.85. The molecule has 112 valence electrons. The average Bonchev–Trinajstić information content (AvgIpc) is 2.45. The molecule has 2 aromatic carbocycles. The smallest absolute Gasteiger partial charge is 0.416 e. The summed E-state index contributed by atoms with van der Waals surface area (Å²) in [6.07, 6.45) is -4.35. The van der Waals surface area contributed by atoms with Crippen LogP contribution in [0.15, 0.2) is 53.0 Å². The van der Waals surface area contributed by atoms with Crippen LogP contribution in [0.5, 0.6) is 5.75 Å². The van der Waals surface area contributed by atoms with Gasteiger partial charge in [0.25, 0.3) is 0 Å². The maximum absolute atomic E-state index is 12.5. The van der Waals surface area contributed by atoms with Gasteiger partial charge in [0, 0.05) is 16.7 Å². The van der Waals surface area contributed by atoms with Gasteiger partial charge >= 0.3 is 6.18 Å². The summed E-state index contributed by atoms with van der Waals surface area (Å²) in [5.74, 6) is 0.211. The molecule has 0 aliphatic heterocycles. The standard InChI is InChI=1S/C15H13BrF3NO/c16-12-4-6-13(7-5-12)20-8-9-21-14-3-1-2-11(10-14)15(17,18)19/h1-7,10,20H,8-9H2. The summed E-state index contributed by atoms with van der Waals surface area (Å²) in [6, 6.07) is 12.5. The molecule has 2 nitrogen and oxygen atoms in total. The van der Waals surface area contributed by atoms with Gasteiger partial charge in [0.05, 0.1) is 5.56 Å². The van der Waals surface area contributed by atoms with Gasteiger partial charge in [0.2, 0.25) is 0 Å². The molecule has 0 saturated heterocycles. The van der Waals surface area contributed by atoms with E-state index in [1.54, 1.807) is 0 Å². The molecule has 0 fully saturated rings. The van der Waals surface area contributed by atoms with E-state index in [0.717, 1.165) is 22.3 Å². The fraction of sp³-hybridized carbons (Fsp3) is 0.200. The van der Waals surface area contributed by atoms with E-state index in [-0.39, 0.29) is 12.4 Å². The number of rotatable bonds is 5. The summed E-state index contributed by atoms with van der Waals surface area (Å²) in [5, 5.41) is 3.12. The van der Waals surface area contributed by atoms with Crippen molar-refractivity contribution < 1.29 is 17.9 Å². The van der Waals surface area contributed by atoms with Crippen molar-refractivity contribution in [3.05, 3.63) is 58.6 Å². The van der Waals surface area contributed by atoms with Crippen LogP contribution in [0.1, 0.15) is 5.56 Å². The highest BCUT2D eigenvalue weighted by Crippen LogP contribution is 2.31. The molecule has 0 radical (unpaired) electrons. The Morgan fingerprint density at radius 2 is 1.76 bits per heavy atom. The van der Waals surface area contributed by atoms with Crippen molar-refractivity contribution in [2.45, 2.75) is 6.18 Å². The minimum Gasteiger partial charge on any atom is -0.492 e. The minimum absolute atomic E-state index is 0.211. The van der Waals surface area contributed by atoms with E-state index in [1.807, 2.05) is 24.3 Å². The van der Waals surface area contributed by atoms with E-state index in [4.69, 9.17) is 4.74 Å². The van der Waals surface area contributed by atoms with Crippen LogP contribution in [0.25, 0.3) is 0 Å². The number of benzene rings is 2. The van der Waals surface area contributed by atoms with E-state index in [2.05, 4.69) is 21.2 Å². The van der Waals surface area contributed by atoms with E-state index in [1.165, 1.54) is 12.1 Å². The zero-order valence-corrected chi connectivity index (χ0v) is 12.5. The summed E-state index contributed by atoms with van der Waals surface area (Å²) < 4.78 is 43.9. The summed E-state index contributed by atoms with van der Waals surface area (Å²) in [6.45, 7) is 0.773. The molecule has 0 aliphatic carbocycles. The molecular formula is C15H13BrF3NO. The fourth-order valence-corrected chi connectivity index (χ4v) is 1.96. The Kier molecular flexibility index (Phi) is 5.12. The van der Waals surface area contributed by atoms with Gasteiger partial charge in [-0.2, -0.15) is 13.2 Å². The van der Waals surface area contributed by atoms with Crippen LogP contribution < -0.4 is 10.1 Å². The quantitative estimate of drug-likeness (QED) is 0.761. The molecule has 0 spiro atoms. The van der Waals surface area contributed by atoms with Gasteiger partial charge in [-0.1, -0.05) is 22.0 Å². The van der Waals surface area contributed by atoms with Crippen molar-refractivity contribution in [1.29, 1.82) is 0 Å². The second-order valence-electron chi connectivity index (χ2n) is 4.31. The lowest BCUT2D eigenvalue weighted by atomic mass is 10.2. The molecule has 0 atom stereocenters. The Labute approximate surface area is 129 Å². The van der Waals surface area contributed by atoms with Crippen molar-refractivity contribution in [3.8, 4) is 5.75 Å². The Hall–Kier alpha value is -1.69. The molecule has 0 aliphatic rings. The van der Waals surface area contributed by atoms with Gasteiger partial charge in [-0.15, -0.1) is 0 Å². The molecule has 2 aromatic rings. The number of nitrogens with one attached hydrogen (secondary N) is 1. The molecular weight excluding hydrogens is 347 g/mol. The first kappa shape index (κ1) is 15.7. The number of ether oxygens (including phenoxy) is 1. The number of halogens is 4. The second-order valence-corrected chi connectivity index (χ2v) is 5.22. The number of hydrogen-bond acceptors (Lipinski definition) is 2. The molecule has 6 heteroatoms. The molecule has 0 heterocycles. The largest absolute Gasteiger partial charge is 0.492 e. The van der Waals surface area contributed by atoms with Gasteiger partial charge < -0.3 is 10.1 Å². The third-order valence-electron chi connectivity index (χ3n) is 2.71. The summed E-state index contributed by atoms with van der Waals surface area (Å²) in [7, 11) is 0. The first-order chi connectivity index (χ1) is 9.95.